The van der Waals surface area contributed by atoms with Crippen LogP contribution in [0.4, 0.5) is 4.39 Å². The van der Waals surface area contributed by atoms with Crippen LogP contribution in [-0.4, -0.2) is 56.6 Å². The molecule has 6 unspecified atom stereocenters. The lowest BCUT2D eigenvalue weighted by Gasteiger charge is -2.46. The average molecular weight is 464 g/mol. The number of carbonyl (C=O) groups is 1. The summed E-state index contributed by atoms with van der Waals surface area (Å²) in [7, 11) is 0. The number of aliphatic hydroxyl groups is 2. The zero-order chi connectivity index (χ0) is 22.8. The second-order valence-corrected chi connectivity index (χ2v) is 10.8. The zero-order valence-corrected chi connectivity index (χ0v) is 19.3. The number of aliphatic carboxylic acids is 1. The maximum Gasteiger partial charge on any atom is 0.305 e. The highest BCUT2D eigenvalue weighted by Gasteiger charge is 2.52. The first-order valence-electron chi connectivity index (χ1n) is 11.8. The van der Waals surface area contributed by atoms with Gasteiger partial charge in [-0.25, -0.2) is 4.39 Å². The standard InChI is InChI=1S/C25H34FNO4S/c1-2-14-13-32-25-22(15-5-7-17(26)8-6-15)20(23(16-3-4-16)27-24(14)25)10-9-18(28)11-19(29)12-21(30)31/h5-10,14,16,18-20,22-25,27-29H,2-4,11-13H2,1H3,(H,30,31)/b10-9+/t14?,18-,19-,20?,22?,23?,24?,25?/m1/s1. The maximum absolute atomic E-state index is 13.7. The van der Waals surface area contributed by atoms with E-state index in [9.17, 15) is 19.4 Å². The Morgan fingerprint density at radius 2 is 1.97 bits per heavy atom. The van der Waals surface area contributed by atoms with Gasteiger partial charge in [-0.15, -0.1) is 0 Å². The van der Waals surface area contributed by atoms with Gasteiger partial charge < -0.3 is 20.6 Å². The molecule has 8 atom stereocenters. The van der Waals surface area contributed by atoms with E-state index in [0.29, 0.717) is 29.2 Å². The van der Waals surface area contributed by atoms with Crippen LogP contribution in [0.25, 0.3) is 0 Å². The molecule has 3 fully saturated rings. The van der Waals surface area contributed by atoms with E-state index in [2.05, 4.69) is 18.3 Å². The largest absolute Gasteiger partial charge is 0.481 e. The summed E-state index contributed by atoms with van der Waals surface area (Å²) in [6, 6.07) is 7.60. The molecule has 1 aromatic rings. The van der Waals surface area contributed by atoms with Gasteiger partial charge in [0.25, 0.3) is 0 Å². The highest BCUT2D eigenvalue weighted by Crippen LogP contribution is 2.52. The van der Waals surface area contributed by atoms with Gasteiger partial charge in [-0.3, -0.25) is 4.79 Å². The number of aliphatic hydroxyl groups excluding tert-OH is 2. The number of rotatable bonds is 9. The molecule has 0 aromatic heterocycles. The molecule has 1 aromatic carbocycles. The van der Waals surface area contributed by atoms with Crippen LogP contribution in [0.3, 0.4) is 0 Å². The Balaban J connectivity index is 1.60. The maximum atomic E-state index is 13.7. The van der Waals surface area contributed by atoms with E-state index in [1.807, 2.05) is 23.9 Å². The topological polar surface area (TPSA) is 89.8 Å². The summed E-state index contributed by atoms with van der Waals surface area (Å²) in [5.74, 6) is 1.38. The van der Waals surface area contributed by atoms with Crippen LogP contribution in [0.15, 0.2) is 36.4 Å². The smallest absolute Gasteiger partial charge is 0.305 e. The van der Waals surface area contributed by atoms with E-state index < -0.39 is 18.2 Å². The SMILES string of the molecule is CCC1CSC2C1NC(C1CC1)C(/C=C/[C@@H](O)C[C@@H](O)CC(=O)O)C2c1ccc(F)cc1. The third-order valence-corrected chi connectivity index (χ3v) is 8.91. The summed E-state index contributed by atoms with van der Waals surface area (Å²) in [6.07, 6.45) is 4.95. The Hall–Kier alpha value is -1.41. The quantitative estimate of drug-likeness (QED) is 0.419. The van der Waals surface area contributed by atoms with Crippen molar-refractivity contribution in [3.63, 3.8) is 0 Å². The van der Waals surface area contributed by atoms with Crippen molar-refractivity contribution < 1.29 is 24.5 Å². The van der Waals surface area contributed by atoms with Crippen molar-refractivity contribution in [2.45, 2.75) is 74.5 Å². The Kier molecular flexibility index (Phi) is 7.60. The van der Waals surface area contributed by atoms with E-state index >= 15 is 0 Å². The summed E-state index contributed by atoms with van der Waals surface area (Å²) in [6.45, 7) is 2.25. The van der Waals surface area contributed by atoms with Gasteiger partial charge in [0.15, 0.2) is 0 Å². The second-order valence-electron chi connectivity index (χ2n) is 9.62. The predicted octanol–water partition coefficient (Wildman–Crippen LogP) is 3.56. The molecular formula is C25H34FNO4S. The molecule has 176 valence electrons. The van der Waals surface area contributed by atoms with Crippen molar-refractivity contribution in [3.8, 4) is 0 Å². The Morgan fingerprint density at radius 1 is 1.25 bits per heavy atom. The lowest BCUT2D eigenvalue weighted by atomic mass is 9.70. The molecule has 4 N–H and O–H groups in total. The molecule has 7 heteroatoms. The Morgan fingerprint density at radius 3 is 2.59 bits per heavy atom. The lowest BCUT2D eigenvalue weighted by Crippen LogP contribution is -2.58. The highest BCUT2D eigenvalue weighted by atomic mass is 32.2. The highest BCUT2D eigenvalue weighted by molar-refractivity contribution is 8.00. The fourth-order valence-electron chi connectivity index (χ4n) is 5.56. The fourth-order valence-corrected chi connectivity index (χ4v) is 7.52. The average Bonchev–Trinajstić information content (AvgIpc) is 3.51. The third kappa shape index (κ3) is 5.38. The third-order valence-electron chi connectivity index (χ3n) is 7.32. The summed E-state index contributed by atoms with van der Waals surface area (Å²) in [4.78, 5) is 10.8. The molecule has 1 aliphatic carbocycles. The van der Waals surface area contributed by atoms with Gasteiger partial charge in [-0.1, -0.05) is 37.6 Å². The minimum absolute atomic E-state index is 0.00300. The van der Waals surface area contributed by atoms with Gasteiger partial charge in [-0.2, -0.15) is 11.8 Å². The number of carboxylic acid groups (broad SMARTS) is 1. The number of fused-ring (bicyclic) bond motifs is 1. The number of piperidine rings is 1. The first kappa shape index (κ1) is 23.7. The van der Waals surface area contributed by atoms with E-state index in [-0.39, 0.29) is 30.5 Å². The number of benzene rings is 1. The van der Waals surface area contributed by atoms with E-state index in [1.54, 1.807) is 6.08 Å². The van der Waals surface area contributed by atoms with Crippen molar-refractivity contribution in [1.29, 1.82) is 0 Å². The Bertz CT molecular complexity index is 815. The van der Waals surface area contributed by atoms with E-state index in [0.717, 1.165) is 17.7 Å². The molecular weight excluding hydrogens is 429 g/mol. The molecule has 2 heterocycles. The van der Waals surface area contributed by atoms with Gasteiger partial charge in [0.05, 0.1) is 18.6 Å². The number of nitrogens with one attached hydrogen (secondary N) is 1. The molecule has 2 saturated heterocycles. The Labute approximate surface area is 193 Å². The van der Waals surface area contributed by atoms with Crippen LogP contribution in [-0.2, 0) is 4.79 Å². The molecule has 32 heavy (non-hydrogen) atoms. The number of carboxylic acids is 1. The molecule has 4 rings (SSSR count). The molecule has 0 radical (unpaired) electrons. The van der Waals surface area contributed by atoms with Crippen LogP contribution in [0.1, 0.15) is 50.5 Å². The molecule has 3 aliphatic rings. The van der Waals surface area contributed by atoms with Crippen LogP contribution in [0.2, 0.25) is 0 Å². The molecule has 5 nitrogen and oxygen atoms in total. The lowest BCUT2D eigenvalue weighted by molar-refractivity contribution is -0.139. The van der Waals surface area contributed by atoms with Crippen molar-refractivity contribution in [1.82, 2.24) is 5.32 Å². The van der Waals surface area contributed by atoms with Crippen molar-refractivity contribution >= 4 is 17.7 Å². The molecule has 0 amide bonds. The summed E-state index contributed by atoms with van der Waals surface area (Å²) in [5.41, 5.74) is 1.13. The molecule has 0 bridgehead atoms. The summed E-state index contributed by atoms with van der Waals surface area (Å²) < 4.78 is 13.7. The van der Waals surface area contributed by atoms with Gasteiger partial charge in [0.1, 0.15) is 5.82 Å². The van der Waals surface area contributed by atoms with Crippen LogP contribution < -0.4 is 5.32 Å². The number of hydrogen-bond acceptors (Lipinski definition) is 5. The van der Waals surface area contributed by atoms with Crippen LogP contribution in [0.5, 0.6) is 0 Å². The van der Waals surface area contributed by atoms with Crippen molar-refractivity contribution in [3.05, 3.63) is 47.8 Å². The predicted molar refractivity (Wildman–Crippen MR) is 124 cm³/mol. The van der Waals surface area contributed by atoms with Crippen molar-refractivity contribution in [2.24, 2.45) is 17.8 Å². The van der Waals surface area contributed by atoms with Gasteiger partial charge in [0, 0.05) is 35.6 Å². The first-order valence-corrected chi connectivity index (χ1v) is 12.8. The number of thioether (sulfide) groups is 1. The van der Waals surface area contributed by atoms with Gasteiger partial charge in [-0.05, 0) is 48.1 Å². The van der Waals surface area contributed by atoms with E-state index in [4.69, 9.17) is 5.11 Å². The first-order chi connectivity index (χ1) is 15.4. The normalized spacial score (nSPS) is 34.4. The number of hydrogen-bond donors (Lipinski definition) is 4. The minimum Gasteiger partial charge on any atom is -0.481 e. The van der Waals surface area contributed by atoms with Gasteiger partial charge >= 0.3 is 5.97 Å². The van der Waals surface area contributed by atoms with E-state index in [1.165, 1.54) is 25.0 Å². The summed E-state index contributed by atoms with van der Waals surface area (Å²) in [5, 5.41) is 33.5. The monoisotopic (exact) mass is 463 g/mol. The van der Waals surface area contributed by atoms with Crippen LogP contribution >= 0.6 is 11.8 Å². The van der Waals surface area contributed by atoms with Crippen LogP contribution in [0, 0.1) is 23.6 Å². The fraction of sp³-hybridized carbons (Fsp3) is 0.640. The van der Waals surface area contributed by atoms with Gasteiger partial charge in [0.2, 0.25) is 0 Å². The molecule has 0 spiro atoms. The molecule has 2 aliphatic heterocycles. The second kappa shape index (κ2) is 10.2. The zero-order valence-electron chi connectivity index (χ0n) is 18.4. The number of halogens is 1. The van der Waals surface area contributed by atoms with Crippen molar-refractivity contribution in [2.75, 3.05) is 5.75 Å². The molecule has 1 saturated carbocycles. The minimum atomic E-state index is -1.08. The summed E-state index contributed by atoms with van der Waals surface area (Å²) >= 11 is 2.00.